The summed E-state index contributed by atoms with van der Waals surface area (Å²) in [4.78, 5) is 11.8. The minimum absolute atomic E-state index is 0.0148. The van der Waals surface area contributed by atoms with Gasteiger partial charge in [0.1, 0.15) is 5.76 Å². The number of amides is 1. The average molecular weight is 293 g/mol. The van der Waals surface area contributed by atoms with Gasteiger partial charge in [0.05, 0.1) is 12.1 Å². The molecule has 2 aromatic rings. The molecule has 106 valence electrons. The molecular weight excluding hydrogens is 276 g/mol. The van der Waals surface area contributed by atoms with Gasteiger partial charge in [-0.1, -0.05) is 28.9 Å². The highest BCUT2D eigenvalue weighted by Crippen LogP contribution is 2.13. The number of carbonyl (C=O) groups excluding carboxylic acids is 1. The molecule has 0 atom stereocenters. The molecule has 0 saturated heterocycles. The van der Waals surface area contributed by atoms with E-state index >= 15 is 0 Å². The summed E-state index contributed by atoms with van der Waals surface area (Å²) in [6.07, 6.45) is 1.06. The maximum atomic E-state index is 11.8. The normalized spacial score (nSPS) is 10.6. The molecule has 0 saturated carbocycles. The van der Waals surface area contributed by atoms with Crippen molar-refractivity contribution in [1.29, 1.82) is 0 Å². The highest BCUT2D eigenvalue weighted by molar-refractivity contribution is 6.30. The summed E-state index contributed by atoms with van der Waals surface area (Å²) in [7, 11) is 0. The third kappa shape index (κ3) is 3.84. The Bertz CT molecular complexity index is 588. The monoisotopic (exact) mass is 292 g/mol. The van der Waals surface area contributed by atoms with Crippen LogP contribution in [-0.4, -0.2) is 17.6 Å². The number of rotatable bonds is 5. The van der Waals surface area contributed by atoms with E-state index in [1.165, 1.54) is 0 Å². The lowest BCUT2D eigenvalue weighted by atomic mass is 10.1. The van der Waals surface area contributed by atoms with Gasteiger partial charge in [-0.15, -0.1) is 0 Å². The Labute approximate surface area is 123 Å². The first kappa shape index (κ1) is 14.6. The van der Waals surface area contributed by atoms with Crippen molar-refractivity contribution in [1.82, 2.24) is 10.5 Å². The molecule has 0 aliphatic rings. The third-order valence-electron chi connectivity index (χ3n) is 3.13. The molecule has 1 aromatic carbocycles. The summed E-state index contributed by atoms with van der Waals surface area (Å²) in [6.45, 7) is 4.35. The van der Waals surface area contributed by atoms with E-state index in [4.69, 9.17) is 16.1 Å². The molecule has 20 heavy (non-hydrogen) atoms. The average Bonchev–Trinajstić information content (AvgIpc) is 2.70. The summed E-state index contributed by atoms with van der Waals surface area (Å²) in [6, 6.07) is 7.32. The highest BCUT2D eigenvalue weighted by Gasteiger charge is 2.09. The fourth-order valence-corrected chi connectivity index (χ4v) is 2.29. The van der Waals surface area contributed by atoms with Gasteiger partial charge < -0.3 is 9.84 Å². The molecule has 5 heteroatoms. The van der Waals surface area contributed by atoms with Gasteiger partial charge >= 0.3 is 0 Å². The van der Waals surface area contributed by atoms with Crippen LogP contribution in [0.15, 0.2) is 28.8 Å². The van der Waals surface area contributed by atoms with E-state index < -0.39 is 0 Å². The molecule has 0 aliphatic carbocycles. The molecule has 1 amide bonds. The minimum atomic E-state index is -0.0148. The lowest BCUT2D eigenvalue weighted by Gasteiger charge is -2.05. The minimum Gasteiger partial charge on any atom is -0.361 e. The smallest absolute Gasteiger partial charge is 0.224 e. The second-order valence-electron chi connectivity index (χ2n) is 4.71. The first-order valence-corrected chi connectivity index (χ1v) is 6.87. The SMILES string of the molecule is Cc1noc(C)c1CCNC(=O)Cc1cccc(Cl)c1. The molecule has 1 N–H and O–H groups in total. The quantitative estimate of drug-likeness (QED) is 0.922. The third-order valence-corrected chi connectivity index (χ3v) is 3.37. The molecule has 0 unspecified atom stereocenters. The van der Waals surface area contributed by atoms with Crippen molar-refractivity contribution in [2.45, 2.75) is 26.7 Å². The van der Waals surface area contributed by atoms with E-state index in [1.807, 2.05) is 26.0 Å². The van der Waals surface area contributed by atoms with Gasteiger partial charge in [-0.25, -0.2) is 0 Å². The summed E-state index contributed by atoms with van der Waals surface area (Å²) in [5, 5.41) is 7.43. The summed E-state index contributed by atoms with van der Waals surface area (Å²) in [5.41, 5.74) is 2.85. The van der Waals surface area contributed by atoms with Crippen molar-refractivity contribution in [3.8, 4) is 0 Å². The molecule has 0 radical (unpaired) electrons. The number of hydrogen-bond acceptors (Lipinski definition) is 3. The zero-order valence-corrected chi connectivity index (χ0v) is 12.3. The van der Waals surface area contributed by atoms with E-state index in [9.17, 15) is 4.79 Å². The van der Waals surface area contributed by atoms with Crippen molar-refractivity contribution in [3.63, 3.8) is 0 Å². The van der Waals surface area contributed by atoms with Gasteiger partial charge in [-0.2, -0.15) is 0 Å². The topological polar surface area (TPSA) is 55.1 Å². The fourth-order valence-electron chi connectivity index (χ4n) is 2.08. The van der Waals surface area contributed by atoms with E-state index in [-0.39, 0.29) is 5.91 Å². The Kier molecular flexibility index (Phi) is 4.79. The zero-order chi connectivity index (χ0) is 14.5. The number of carbonyl (C=O) groups is 1. The first-order valence-electron chi connectivity index (χ1n) is 6.49. The second-order valence-corrected chi connectivity index (χ2v) is 5.15. The number of aromatic nitrogens is 1. The molecule has 1 aromatic heterocycles. The second kappa shape index (κ2) is 6.57. The van der Waals surface area contributed by atoms with Crippen LogP contribution >= 0.6 is 11.6 Å². The summed E-state index contributed by atoms with van der Waals surface area (Å²) >= 11 is 5.89. The largest absolute Gasteiger partial charge is 0.361 e. The van der Waals surface area contributed by atoms with Crippen LogP contribution in [0, 0.1) is 13.8 Å². The maximum absolute atomic E-state index is 11.8. The van der Waals surface area contributed by atoms with Gasteiger partial charge in [0.15, 0.2) is 0 Å². The Hall–Kier alpha value is -1.81. The van der Waals surface area contributed by atoms with Gasteiger partial charge in [-0.3, -0.25) is 4.79 Å². The van der Waals surface area contributed by atoms with Crippen LogP contribution in [0.5, 0.6) is 0 Å². The van der Waals surface area contributed by atoms with Crippen molar-refractivity contribution < 1.29 is 9.32 Å². The summed E-state index contributed by atoms with van der Waals surface area (Å²) in [5.74, 6) is 0.797. The van der Waals surface area contributed by atoms with Gasteiger partial charge in [0, 0.05) is 17.1 Å². The molecule has 0 spiro atoms. The molecular formula is C15H17ClN2O2. The molecule has 0 fully saturated rings. The number of hydrogen-bond donors (Lipinski definition) is 1. The van der Waals surface area contributed by atoms with Crippen LogP contribution in [0.1, 0.15) is 22.6 Å². The first-order chi connectivity index (χ1) is 9.56. The number of nitrogens with zero attached hydrogens (tertiary/aromatic N) is 1. The van der Waals surface area contributed by atoms with Gasteiger partial charge in [-0.05, 0) is 38.0 Å². The van der Waals surface area contributed by atoms with E-state index in [1.54, 1.807) is 12.1 Å². The van der Waals surface area contributed by atoms with Crippen molar-refractivity contribution in [2.75, 3.05) is 6.54 Å². The lowest BCUT2D eigenvalue weighted by Crippen LogP contribution is -2.27. The zero-order valence-electron chi connectivity index (χ0n) is 11.6. The number of aryl methyl sites for hydroxylation is 2. The van der Waals surface area contributed by atoms with E-state index in [0.717, 1.165) is 29.0 Å². The number of halogens is 1. The van der Waals surface area contributed by atoms with Crippen LogP contribution in [0.25, 0.3) is 0 Å². The van der Waals surface area contributed by atoms with E-state index in [0.29, 0.717) is 18.0 Å². The van der Waals surface area contributed by atoms with Gasteiger partial charge in [0.25, 0.3) is 0 Å². The van der Waals surface area contributed by atoms with Crippen molar-refractivity contribution in [2.24, 2.45) is 0 Å². The highest BCUT2D eigenvalue weighted by atomic mass is 35.5. The molecule has 0 bridgehead atoms. The Balaban J connectivity index is 1.81. The van der Waals surface area contributed by atoms with Crippen LogP contribution < -0.4 is 5.32 Å². The van der Waals surface area contributed by atoms with Crippen LogP contribution in [0.2, 0.25) is 5.02 Å². The molecule has 0 aliphatic heterocycles. The van der Waals surface area contributed by atoms with Crippen LogP contribution in [0.3, 0.4) is 0 Å². The Morgan fingerprint density at radius 2 is 2.20 bits per heavy atom. The standard InChI is InChI=1S/C15H17ClN2O2/c1-10-14(11(2)20-18-10)6-7-17-15(19)9-12-4-3-5-13(16)8-12/h3-5,8H,6-7,9H2,1-2H3,(H,17,19). The van der Waals surface area contributed by atoms with Gasteiger partial charge in [0.2, 0.25) is 5.91 Å². The molecule has 4 nitrogen and oxygen atoms in total. The molecule has 1 heterocycles. The number of benzene rings is 1. The summed E-state index contributed by atoms with van der Waals surface area (Å²) < 4.78 is 5.08. The van der Waals surface area contributed by atoms with E-state index in [2.05, 4.69) is 10.5 Å². The molecule has 2 rings (SSSR count). The lowest BCUT2D eigenvalue weighted by molar-refractivity contribution is -0.120. The predicted octanol–water partition coefficient (Wildman–Crippen LogP) is 2.85. The van der Waals surface area contributed by atoms with Crippen molar-refractivity contribution >= 4 is 17.5 Å². The Morgan fingerprint density at radius 3 is 2.85 bits per heavy atom. The van der Waals surface area contributed by atoms with Crippen molar-refractivity contribution in [3.05, 3.63) is 51.9 Å². The predicted molar refractivity (Wildman–Crippen MR) is 77.8 cm³/mol. The fraction of sp³-hybridized carbons (Fsp3) is 0.333. The Morgan fingerprint density at radius 1 is 1.40 bits per heavy atom. The number of nitrogens with one attached hydrogen (secondary N) is 1. The van der Waals surface area contributed by atoms with Crippen LogP contribution in [-0.2, 0) is 17.6 Å². The van der Waals surface area contributed by atoms with Crippen LogP contribution in [0.4, 0.5) is 0 Å². The maximum Gasteiger partial charge on any atom is 0.224 e.